The summed E-state index contributed by atoms with van der Waals surface area (Å²) in [6, 6.07) is 12.2. The first-order valence-corrected chi connectivity index (χ1v) is 12.8. The lowest BCUT2D eigenvalue weighted by Gasteiger charge is -2.16. The number of hydrogen-bond acceptors (Lipinski definition) is 6. The molecule has 0 bridgehead atoms. The van der Waals surface area contributed by atoms with Gasteiger partial charge in [0.05, 0.1) is 28.3 Å². The maximum Gasteiger partial charge on any atom is 0.417 e. The molecule has 2 heterocycles. The van der Waals surface area contributed by atoms with Crippen molar-refractivity contribution in [2.75, 3.05) is 17.3 Å². The number of aromatic nitrogens is 3. The number of amides is 1. The summed E-state index contributed by atoms with van der Waals surface area (Å²) in [4.78, 5) is 21.5. The molecule has 4 aromatic rings. The number of nitrogens with zero attached hydrogens (tertiary/aromatic N) is 3. The van der Waals surface area contributed by atoms with E-state index in [1.165, 1.54) is 65.5 Å². The first-order valence-electron chi connectivity index (χ1n) is 10.9. The zero-order valence-corrected chi connectivity index (χ0v) is 20.6. The van der Waals surface area contributed by atoms with Crippen molar-refractivity contribution in [1.29, 1.82) is 0 Å². The van der Waals surface area contributed by atoms with Gasteiger partial charge in [0.1, 0.15) is 11.6 Å². The van der Waals surface area contributed by atoms with Crippen molar-refractivity contribution in [1.82, 2.24) is 14.5 Å². The van der Waals surface area contributed by atoms with Crippen LogP contribution in [0.2, 0.25) is 0 Å². The predicted molar refractivity (Wildman–Crippen MR) is 133 cm³/mol. The van der Waals surface area contributed by atoms with E-state index in [0.717, 1.165) is 12.3 Å². The fourth-order valence-electron chi connectivity index (χ4n) is 3.93. The third kappa shape index (κ3) is 5.64. The van der Waals surface area contributed by atoms with Gasteiger partial charge in [0, 0.05) is 29.9 Å². The Bertz CT molecular complexity index is 1580. The molecule has 2 aromatic heterocycles. The molecule has 12 heteroatoms. The fourth-order valence-corrected chi connectivity index (χ4v) is 4.57. The van der Waals surface area contributed by atoms with E-state index in [-0.39, 0.29) is 39.9 Å². The van der Waals surface area contributed by atoms with E-state index in [0.29, 0.717) is 11.3 Å². The molecule has 0 aliphatic carbocycles. The Hall–Kier alpha value is -4.19. The van der Waals surface area contributed by atoms with Crippen molar-refractivity contribution in [2.45, 2.75) is 24.5 Å². The maximum absolute atomic E-state index is 13.9. The molecular formula is C25H22F3N5O3S. The molecule has 0 aliphatic rings. The van der Waals surface area contributed by atoms with Gasteiger partial charge in [-0.2, -0.15) is 13.2 Å². The van der Waals surface area contributed by atoms with Gasteiger partial charge in [0.2, 0.25) is 0 Å². The highest BCUT2D eigenvalue weighted by atomic mass is 32.2. The molecule has 0 saturated carbocycles. The van der Waals surface area contributed by atoms with E-state index >= 15 is 0 Å². The Morgan fingerprint density at radius 2 is 1.76 bits per heavy atom. The van der Waals surface area contributed by atoms with Gasteiger partial charge in [-0.25, -0.2) is 18.4 Å². The van der Waals surface area contributed by atoms with Crippen molar-refractivity contribution in [3.05, 3.63) is 89.5 Å². The second-order valence-corrected chi connectivity index (χ2v) is 10.4. The average Bonchev–Trinajstić information content (AvgIpc) is 3.14. The van der Waals surface area contributed by atoms with Crippen LogP contribution in [0, 0.1) is 6.92 Å². The Morgan fingerprint density at radius 1 is 1.08 bits per heavy atom. The molecule has 37 heavy (non-hydrogen) atoms. The van der Waals surface area contributed by atoms with Crippen LogP contribution in [0.1, 0.15) is 27.3 Å². The molecule has 0 unspecified atom stereocenters. The van der Waals surface area contributed by atoms with Crippen molar-refractivity contribution < 1.29 is 26.4 Å². The van der Waals surface area contributed by atoms with E-state index in [1.807, 2.05) is 0 Å². The van der Waals surface area contributed by atoms with Gasteiger partial charge in [-0.05, 0) is 48.9 Å². The number of nitrogens with one attached hydrogen (secondary N) is 1. The highest BCUT2D eigenvalue weighted by molar-refractivity contribution is 7.90. The molecule has 0 spiro atoms. The minimum atomic E-state index is -4.63. The van der Waals surface area contributed by atoms with Crippen molar-refractivity contribution in [3.63, 3.8) is 0 Å². The number of carbonyl (C=O) groups is 1. The standard InChI is InChI=1S/C25H22F3N5O3S/c1-15-19(24(34)31-16-7-9-17(10-8-16)37(2,35)36)13-33(14-22-30-12-11-21(29)32-22)23(15)18-5-3-4-6-20(18)25(26,27)28/h3-13H,14H2,1-2H3,(H,31,34)(H2,29,30,32). The second-order valence-electron chi connectivity index (χ2n) is 8.34. The molecule has 0 saturated heterocycles. The second kappa shape index (κ2) is 9.69. The summed E-state index contributed by atoms with van der Waals surface area (Å²) in [5, 5.41) is 2.67. The Kier molecular flexibility index (Phi) is 6.78. The zero-order valence-electron chi connectivity index (χ0n) is 19.7. The number of benzene rings is 2. The fraction of sp³-hybridized carbons (Fsp3) is 0.160. The summed E-state index contributed by atoms with van der Waals surface area (Å²) in [5.74, 6) is -0.131. The SMILES string of the molecule is Cc1c(C(=O)Nc2ccc(S(C)(=O)=O)cc2)cn(Cc2nccc(N)n2)c1-c1ccccc1C(F)(F)F. The van der Waals surface area contributed by atoms with Gasteiger partial charge in [-0.1, -0.05) is 18.2 Å². The molecule has 3 N–H and O–H groups in total. The van der Waals surface area contributed by atoms with E-state index in [4.69, 9.17) is 5.73 Å². The number of hydrogen-bond donors (Lipinski definition) is 2. The Labute approximate surface area is 210 Å². The summed E-state index contributed by atoms with van der Waals surface area (Å²) in [6.07, 6.45) is -0.692. The molecule has 2 aromatic carbocycles. The van der Waals surface area contributed by atoms with Crippen LogP contribution < -0.4 is 11.1 Å². The zero-order chi connectivity index (χ0) is 27.0. The monoisotopic (exact) mass is 529 g/mol. The minimum Gasteiger partial charge on any atom is -0.384 e. The van der Waals surface area contributed by atoms with Crippen LogP contribution >= 0.6 is 0 Å². The largest absolute Gasteiger partial charge is 0.417 e. The maximum atomic E-state index is 13.9. The van der Waals surface area contributed by atoms with Crippen molar-refractivity contribution >= 4 is 27.2 Å². The summed E-state index contributed by atoms with van der Waals surface area (Å²) in [6.45, 7) is 1.52. The lowest BCUT2D eigenvalue weighted by atomic mass is 10.00. The van der Waals surface area contributed by atoms with E-state index < -0.39 is 27.5 Å². The third-order valence-electron chi connectivity index (χ3n) is 5.64. The van der Waals surface area contributed by atoms with Crippen LogP contribution in [-0.2, 0) is 22.6 Å². The van der Waals surface area contributed by atoms with Crippen LogP contribution in [0.4, 0.5) is 24.7 Å². The normalized spacial score (nSPS) is 11.9. The molecular weight excluding hydrogens is 507 g/mol. The first kappa shape index (κ1) is 25.9. The Balaban J connectivity index is 1.79. The number of alkyl halides is 3. The molecule has 1 amide bonds. The van der Waals surface area contributed by atoms with Gasteiger partial charge in [-0.3, -0.25) is 4.79 Å². The molecule has 4 rings (SSSR count). The van der Waals surface area contributed by atoms with Gasteiger partial charge >= 0.3 is 6.18 Å². The topological polar surface area (TPSA) is 120 Å². The highest BCUT2D eigenvalue weighted by Crippen LogP contribution is 2.39. The van der Waals surface area contributed by atoms with E-state index in [9.17, 15) is 26.4 Å². The summed E-state index contributed by atoms with van der Waals surface area (Å²) < 4.78 is 66.5. The summed E-state index contributed by atoms with van der Waals surface area (Å²) >= 11 is 0. The number of rotatable bonds is 6. The number of halogens is 3. The van der Waals surface area contributed by atoms with Crippen LogP contribution in [0.3, 0.4) is 0 Å². The quantitative estimate of drug-likeness (QED) is 0.378. The van der Waals surface area contributed by atoms with Crippen LogP contribution in [0.5, 0.6) is 0 Å². The lowest BCUT2D eigenvalue weighted by Crippen LogP contribution is -2.12. The predicted octanol–water partition coefficient (Wildman–Crippen LogP) is 4.56. The van der Waals surface area contributed by atoms with Gasteiger partial charge in [0.25, 0.3) is 5.91 Å². The number of sulfone groups is 1. The molecule has 192 valence electrons. The van der Waals surface area contributed by atoms with Crippen LogP contribution in [0.15, 0.2) is 71.9 Å². The molecule has 8 nitrogen and oxygen atoms in total. The summed E-state index contributed by atoms with van der Waals surface area (Å²) in [5.41, 5.74) is 5.72. The number of nitrogen functional groups attached to an aromatic ring is 1. The van der Waals surface area contributed by atoms with Crippen LogP contribution in [0.25, 0.3) is 11.3 Å². The van der Waals surface area contributed by atoms with E-state index in [1.54, 1.807) is 6.92 Å². The van der Waals surface area contributed by atoms with Gasteiger partial charge < -0.3 is 15.6 Å². The highest BCUT2D eigenvalue weighted by Gasteiger charge is 2.35. The van der Waals surface area contributed by atoms with Gasteiger partial charge in [-0.15, -0.1) is 0 Å². The molecule has 0 aliphatic heterocycles. The molecule has 0 atom stereocenters. The summed E-state index contributed by atoms with van der Waals surface area (Å²) in [7, 11) is -3.42. The number of anilines is 2. The minimum absolute atomic E-state index is 0.0380. The average molecular weight is 530 g/mol. The lowest BCUT2D eigenvalue weighted by molar-refractivity contribution is -0.137. The number of carbonyl (C=O) groups excluding carboxylic acids is 1. The number of nitrogens with two attached hydrogens (primary N) is 1. The molecule has 0 fully saturated rings. The van der Waals surface area contributed by atoms with Crippen LogP contribution in [-0.4, -0.2) is 35.1 Å². The van der Waals surface area contributed by atoms with Gasteiger partial charge in [0.15, 0.2) is 9.84 Å². The third-order valence-corrected chi connectivity index (χ3v) is 6.77. The van der Waals surface area contributed by atoms with E-state index in [2.05, 4.69) is 15.3 Å². The smallest absolute Gasteiger partial charge is 0.384 e. The van der Waals surface area contributed by atoms with Crippen molar-refractivity contribution in [3.8, 4) is 11.3 Å². The van der Waals surface area contributed by atoms with Crippen molar-refractivity contribution in [2.24, 2.45) is 0 Å². The molecule has 0 radical (unpaired) electrons. The Morgan fingerprint density at radius 3 is 2.38 bits per heavy atom. The first-order chi connectivity index (χ1) is 17.3.